The van der Waals surface area contributed by atoms with Gasteiger partial charge in [0.05, 0.1) is 6.61 Å². The quantitative estimate of drug-likeness (QED) is 0.237. The van der Waals surface area contributed by atoms with E-state index in [0.717, 1.165) is 13.0 Å². The van der Waals surface area contributed by atoms with Crippen LogP contribution in [-0.4, -0.2) is 70.0 Å². The summed E-state index contributed by atoms with van der Waals surface area (Å²) >= 11 is 0. The van der Waals surface area contributed by atoms with Crippen molar-refractivity contribution in [2.24, 2.45) is 5.73 Å². The summed E-state index contributed by atoms with van der Waals surface area (Å²) in [4.78, 5) is 13.6. The molecule has 0 heterocycles. The molecule has 26 heavy (non-hydrogen) atoms. The van der Waals surface area contributed by atoms with Gasteiger partial charge in [-0.2, -0.15) is 0 Å². The van der Waals surface area contributed by atoms with Gasteiger partial charge < -0.3 is 30.9 Å². The lowest BCUT2D eigenvalue weighted by atomic mass is 9.81. The van der Waals surface area contributed by atoms with Gasteiger partial charge in [-0.1, -0.05) is 43.2 Å². The normalized spacial score (nSPS) is 13.6. The number of hydrogen-bond acceptors (Lipinski definition) is 6. The molecule has 8 heteroatoms. The summed E-state index contributed by atoms with van der Waals surface area (Å²) in [5, 5.41) is 36.5. The SMILES string of the molecule is NC(CCCCB(O)O)(CCN(CCO)CCc1ccccc1)C(=O)O. The van der Waals surface area contributed by atoms with E-state index in [1.54, 1.807) is 0 Å². The fourth-order valence-electron chi connectivity index (χ4n) is 2.87. The van der Waals surface area contributed by atoms with Crippen molar-refractivity contribution in [3.8, 4) is 0 Å². The summed E-state index contributed by atoms with van der Waals surface area (Å²) in [6, 6.07) is 9.99. The Morgan fingerprint density at radius 2 is 1.77 bits per heavy atom. The zero-order valence-corrected chi connectivity index (χ0v) is 15.3. The van der Waals surface area contributed by atoms with Crippen molar-refractivity contribution in [1.29, 1.82) is 0 Å². The minimum Gasteiger partial charge on any atom is -0.480 e. The van der Waals surface area contributed by atoms with Crippen LogP contribution in [0.2, 0.25) is 6.32 Å². The average Bonchev–Trinajstić information content (AvgIpc) is 2.61. The molecule has 0 amide bonds. The highest BCUT2D eigenvalue weighted by molar-refractivity contribution is 6.40. The molecule has 0 saturated heterocycles. The molecule has 0 fully saturated rings. The number of nitrogens with two attached hydrogens (primary N) is 1. The van der Waals surface area contributed by atoms with Crippen LogP contribution in [0.5, 0.6) is 0 Å². The van der Waals surface area contributed by atoms with Crippen LogP contribution in [-0.2, 0) is 11.2 Å². The second-order valence-electron chi connectivity index (χ2n) is 6.74. The highest BCUT2D eigenvalue weighted by atomic mass is 16.4. The van der Waals surface area contributed by atoms with Gasteiger partial charge in [-0.25, -0.2) is 0 Å². The Hall–Kier alpha value is -1.45. The highest BCUT2D eigenvalue weighted by Gasteiger charge is 2.33. The first-order valence-corrected chi connectivity index (χ1v) is 9.13. The monoisotopic (exact) mass is 366 g/mol. The Kier molecular flexibility index (Phi) is 10.5. The van der Waals surface area contributed by atoms with Gasteiger partial charge in [-0.05, 0) is 31.1 Å². The zero-order chi connectivity index (χ0) is 19.4. The Bertz CT molecular complexity index is 518. The smallest absolute Gasteiger partial charge is 0.451 e. The van der Waals surface area contributed by atoms with Crippen molar-refractivity contribution in [2.75, 3.05) is 26.2 Å². The highest BCUT2D eigenvalue weighted by Crippen LogP contribution is 2.18. The molecule has 0 aliphatic heterocycles. The predicted octanol–water partition coefficient (Wildman–Crippen LogP) is 0.339. The first kappa shape index (κ1) is 22.6. The number of carbonyl (C=O) groups is 1. The molecule has 0 spiro atoms. The molecule has 146 valence electrons. The number of rotatable bonds is 14. The molecule has 0 saturated carbocycles. The lowest BCUT2D eigenvalue weighted by molar-refractivity contribution is -0.144. The van der Waals surface area contributed by atoms with Crippen LogP contribution < -0.4 is 5.73 Å². The van der Waals surface area contributed by atoms with E-state index < -0.39 is 18.6 Å². The third-order valence-electron chi connectivity index (χ3n) is 4.61. The van der Waals surface area contributed by atoms with Gasteiger partial charge in [0.2, 0.25) is 0 Å². The number of carboxylic acid groups (broad SMARTS) is 1. The van der Waals surface area contributed by atoms with E-state index in [-0.39, 0.29) is 25.8 Å². The van der Waals surface area contributed by atoms with Crippen LogP contribution in [0.1, 0.15) is 31.2 Å². The van der Waals surface area contributed by atoms with E-state index in [0.29, 0.717) is 25.9 Å². The fourth-order valence-corrected chi connectivity index (χ4v) is 2.87. The number of aliphatic hydroxyl groups excluding tert-OH is 1. The molecule has 1 rings (SSSR count). The second-order valence-corrected chi connectivity index (χ2v) is 6.74. The molecule has 7 nitrogen and oxygen atoms in total. The van der Waals surface area contributed by atoms with E-state index in [1.807, 2.05) is 35.2 Å². The van der Waals surface area contributed by atoms with Crippen molar-refractivity contribution in [3.05, 3.63) is 35.9 Å². The predicted molar refractivity (Wildman–Crippen MR) is 102 cm³/mol. The Labute approximate surface area is 155 Å². The van der Waals surface area contributed by atoms with Gasteiger partial charge in [0.1, 0.15) is 5.54 Å². The summed E-state index contributed by atoms with van der Waals surface area (Å²) < 4.78 is 0. The fraction of sp³-hybridized carbons (Fsp3) is 0.611. The lowest BCUT2D eigenvalue weighted by Crippen LogP contribution is -2.50. The van der Waals surface area contributed by atoms with Crippen LogP contribution in [0, 0.1) is 0 Å². The van der Waals surface area contributed by atoms with Gasteiger partial charge in [0.25, 0.3) is 0 Å². The topological polar surface area (TPSA) is 127 Å². The largest absolute Gasteiger partial charge is 0.480 e. The number of hydrogen-bond donors (Lipinski definition) is 5. The molecule has 0 radical (unpaired) electrons. The Balaban J connectivity index is 2.51. The van der Waals surface area contributed by atoms with Crippen LogP contribution >= 0.6 is 0 Å². The molecular weight excluding hydrogens is 335 g/mol. The van der Waals surface area contributed by atoms with Crippen molar-refractivity contribution in [2.45, 2.75) is 44.0 Å². The van der Waals surface area contributed by atoms with Crippen LogP contribution in [0.3, 0.4) is 0 Å². The number of nitrogens with zero attached hydrogens (tertiary/aromatic N) is 1. The minimum atomic E-state index is -1.37. The molecule has 0 aromatic heterocycles. The van der Waals surface area contributed by atoms with E-state index in [9.17, 15) is 15.0 Å². The molecule has 0 aliphatic carbocycles. The Morgan fingerprint density at radius 3 is 2.35 bits per heavy atom. The summed E-state index contributed by atoms with van der Waals surface area (Å²) in [7, 11) is -1.37. The minimum absolute atomic E-state index is 0.00776. The molecule has 0 aliphatic rings. The van der Waals surface area contributed by atoms with E-state index >= 15 is 0 Å². The maximum Gasteiger partial charge on any atom is 0.451 e. The third kappa shape index (κ3) is 8.78. The van der Waals surface area contributed by atoms with Crippen LogP contribution in [0.4, 0.5) is 0 Å². The zero-order valence-electron chi connectivity index (χ0n) is 15.3. The van der Waals surface area contributed by atoms with Gasteiger partial charge >= 0.3 is 13.1 Å². The number of carboxylic acids is 1. The van der Waals surface area contributed by atoms with Gasteiger partial charge in [-0.3, -0.25) is 4.79 Å². The number of unbranched alkanes of at least 4 members (excludes halogenated alkanes) is 1. The maximum atomic E-state index is 11.6. The number of aliphatic carboxylic acids is 1. The van der Waals surface area contributed by atoms with Gasteiger partial charge in [0, 0.05) is 19.6 Å². The molecule has 1 aromatic carbocycles. The van der Waals surface area contributed by atoms with Crippen molar-refractivity contribution in [3.63, 3.8) is 0 Å². The first-order chi connectivity index (χ1) is 12.4. The molecule has 0 bridgehead atoms. The number of benzene rings is 1. The second kappa shape index (κ2) is 12.0. The summed E-state index contributed by atoms with van der Waals surface area (Å²) in [6.45, 7) is 1.68. The maximum absolute atomic E-state index is 11.6. The first-order valence-electron chi connectivity index (χ1n) is 9.13. The van der Waals surface area contributed by atoms with Gasteiger partial charge in [0.15, 0.2) is 0 Å². The van der Waals surface area contributed by atoms with E-state index in [1.165, 1.54) is 5.56 Å². The Morgan fingerprint density at radius 1 is 1.08 bits per heavy atom. The molecule has 1 aromatic rings. The number of aliphatic hydroxyl groups is 1. The summed E-state index contributed by atoms with van der Waals surface area (Å²) in [5.74, 6) is -1.05. The van der Waals surface area contributed by atoms with Crippen molar-refractivity contribution >= 4 is 13.1 Å². The molecule has 1 atom stereocenters. The standard InChI is InChI=1S/C18H31BN2O5/c20-18(17(23)24,9-4-5-11-19(25)26)10-13-21(14-15-22)12-8-16-6-2-1-3-7-16/h1-3,6-7,22,25-26H,4-5,8-15,20H2,(H,23,24). The van der Waals surface area contributed by atoms with Crippen LogP contribution in [0.15, 0.2) is 30.3 Å². The molecule has 1 unspecified atom stereocenters. The van der Waals surface area contributed by atoms with Crippen molar-refractivity contribution < 1.29 is 25.1 Å². The average molecular weight is 366 g/mol. The summed E-state index contributed by atoms with van der Waals surface area (Å²) in [6.07, 6.45) is 2.62. The van der Waals surface area contributed by atoms with Gasteiger partial charge in [-0.15, -0.1) is 0 Å². The molecule has 6 N–H and O–H groups in total. The third-order valence-corrected chi connectivity index (χ3v) is 4.61. The van der Waals surface area contributed by atoms with E-state index in [2.05, 4.69) is 0 Å². The molecular formula is C18H31BN2O5. The summed E-state index contributed by atoms with van der Waals surface area (Å²) in [5.41, 5.74) is 5.94. The van der Waals surface area contributed by atoms with Crippen molar-refractivity contribution in [1.82, 2.24) is 4.90 Å². The van der Waals surface area contributed by atoms with E-state index in [4.69, 9.17) is 15.8 Å². The van der Waals surface area contributed by atoms with Crippen LogP contribution in [0.25, 0.3) is 0 Å². The lowest BCUT2D eigenvalue weighted by Gasteiger charge is -2.29.